The van der Waals surface area contributed by atoms with Gasteiger partial charge < -0.3 is 0 Å². The van der Waals surface area contributed by atoms with E-state index in [9.17, 15) is 13.2 Å². The first kappa shape index (κ1) is 23.7. The molecular formula is C21H24Cl2N4O3S. The first-order chi connectivity index (χ1) is 14.7. The van der Waals surface area contributed by atoms with Crippen LogP contribution in [0.5, 0.6) is 0 Å². The van der Waals surface area contributed by atoms with Crippen LogP contribution in [0.15, 0.2) is 52.5 Å². The number of nitrogens with zero attached hydrogens (tertiary/aromatic N) is 3. The van der Waals surface area contributed by atoms with Gasteiger partial charge in [0, 0.05) is 36.8 Å². The molecule has 166 valence electrons. The number of nitrogens with one attached hydrogen (secondary N) is 1. The van der Waals surface area contributed by atoms with Crippen molar-refractivity contribution in [2.75, 3.05) is 32.7 Å². The normalized spacial score (nSPS) is 16.3. The largest absolute Gasteiger partial charge is 0.292 e. The molecule has 0 atom stereocenters. The fraction of sp³-hybridized carbons (Fsp3) is 0.333. The molecule has 2 aromatic rings. The average molecular weight is 483 g/mol. The zero-order valence-corrected chi connectivity index (χ0v) is 19.6. The maximum atomic E-state index is 12.8. The second-order valence-electron chi connectivity index (χ2n) is 7.35. The minimum Gasteiger partial charge on any atom is -0.292 e. The number of aryl methyl sites for hydroxylation is 1. The molecule has 10 heteroatoms. The third kappa shape index (κ3) is 6.05. The predicted octanol–water partition coefficient (Wildman–Crippen LogP) is 3.15. The van der Waals surface area contributed by atoms with Crippen molar-refractivity contribution < 1.29 is 13.2 Å². The summed E-state index contributed by atoms with van der Waals surface area (Å²) >= 11 is 12.1. The number of hydrogen-bond donors (Lipinski definition) is 1. The third-order valence-electron chi connectivity index (χ3n) is 5.03. The van der Waals surface area contributed by atoms with Gasteiger partial charge >= 0.3 is 0 Å². The summed E-state index contributed by atoms with van der Waals surface area (Å²) < 4.78 is 27.0. The van der Waals surface area contributed by atoms with E-state index in [2.05, 4.69) is 10.5 Å². The zero-order valence-electron chi connectivity index (χ0n) is 17.3. The van der Waals surface area contributed by atoms with E-state index in [1.165, 1.54) is 4.31 Å². The molecule has 0 unspecified atom stereocenters. The first-order valence-electron chi connectivity index (χ1n) is 9.74. The second kappa shape index (κ2) is 10.1. The number of sulfonamides is 1. The van der Waals surface area contributed by atoms with Gasteiger partial charge in [0.15, 0.2) is 0 Å². The van der Waals surface area contributed by atoms with E-state index in [0.29, 0.717) is 47.5 Å². The summed E-state index contributed by atoms with van der Waals surface area (Å²) in [6.07, 6.45) is 0. The summed E-state index contributed by atoms with van der Waals surface area (Å²) in [5, 5.41) is 5.08. The Bertz CT molecular complexity index is 1080. The highest BCUT2D eigenvalue weighted by atomic mass is 35.5. The third-order valence-corrected chi connectivity index (χ3v) is 7.49. The van der Waals surface area contributed by atoms with Gasteiger partial charge in [0.2, 0.25) is 10.0 Å². The van der Waals surface area contributed by atoms with Gasteiger partial charge in [-0.1, -0.05) is 47.0 Å². The molecule has 3 rings (SSSR count). The Morgan fingerprint density at radius 3 is 2.32 bits per heavy atom. The number of amides is 1. The smallest absolute Gasteiger partial charge is 0.254 e. The molecule has 0 aromatic heterocycles. The van der Waals surface area contributed by atoms with E-state index >= 15 is 0 Å². The van der Waals surface area contributed by atoms with Gasteiger partial charge in [0.05, 0.1) is 22.2 Å². The summed E-state index contributed by atoms with van der Waals surface area (Å²) in [6, 6.07) is 11.9. The number of piperazine rings is 1. The minimum absolute atomic E-state index is 0.129. The van der Waals surface area contributed by atoms with Crippen molar-refractivity contribution in [3.05, 3.63) is 63.6 Å². The van der Waals surface area contributed by atoms with Crippen molar-refractivity contribution in [1.82, 2.24) is 14.6 Å². The van der Waals surface area contributed by atoms with Gasteiger partial charge in [-0.25, -0.2) is 13.8 Å². The highest BCUT2D eigenvalue weighted by Gasteiger charge is 2.28. The summed E-state index contributed by atoms with van der Waals surface area (Å²) in [6.45, 7) is 5.36. The van der Waals surface area contributed by atoms with Crippen LogP contribution in [-0.2, 0) is 14.8 Å². The number of hydrogen-bond acceptors (Lipinski definition) is 5. The standard InChI is InChI=1S/C21H24Cl2N4O3S/c1-15-3-6-18(7-4-15)31(29,30)27-11-9-26(10-12-27)14-21(28)25-24-16(2)19-8-5-17(22)13-20(19)23/h3-8,13H,9-12,14H2,1-2H3,(H,25,28)/b24-16-. The molecule has 1 aliphatic rings. The number of carbonyl (C=O) groups excluding carboxylic acids is 1. The van der Waals surface area contributed by atoms with Gasteiger partial charge in [-0.05, 0) is 38.1 Å². The lowest BCUT2D eigenvalue weighted by Gasteiger charge is -2.33. The second-order valence-corrected chi connectivity index (χ2v) is 10.1. The van der Waals surface area contributed by atoms with Gasteiger partial charge in [-0.15, -0.1) is 0 Å². The molecule has 31 heavy (non-hydrogen) atoms. The maximum absolute atomic E-state index is 12.8. The van der Waals surface area contributed by atoms with Gasteiger partial charge in [0.25, 0.3) is 5.91 Å². The van der Waals surface area contributed by atoms with Crippen molar-refractivity contribution in [2.45, 2.75) is 18.7 Å². The number of benzene rings is 2. The average Bonchev–Trinajstić information content (AvgIpc) is 2.73. The SMILES string of the molecule is C/C(=N/NC(=O)CN1CCN(S(=O)(=O)c2ccc(C)cc2)CC1)c1ccc(Cl)cc1Cl. The number of hydrazone groups is 1. The van der Waals surface area contributed by atoms with Gasteiger partial charge in [-0.2, -0.15) is 9.41 Å². The highest BCUT2D eigenvalue weighted by Crippen LogP contribution is 2.21. The predicted molar refractivity (Wildman–Crippen MR) is 123 cm³/mol. The number of rotatable bonds is 6. The molecule has 1 amide bonds. The molecule has 1 heterocycles. The van der Waals surface area contributed by atoms with E-state index in [4.69, 9.17) is 23.2 Å². The van der Waals surface area contributed by atoms with Crippen molar-refractivity contribution in [1.29, 1.82) is 0 Å². The molecule has 2 aromatic carbocycles. The summed E-state index contributed by atoms with van der Waals surface area (Å²) in [7, 11) is -3.53. The van der Waals surface area contributed by atoms with Crippen LogP contribution in [0.2, 0.25) is 10.0 Å². The molecule has 1 aliphatic heterocycles. The van der Waals surface area contributed by atoms with Crippen molar-refractivity contribution in [2.24, 2.45) is 5.10 Å². The topological polar surface area (TPSA) is 82.1 Å². The Morgan fingerprint density at radius 2 is 1.71 bits per heavy atom. The fourth-order valence-electron chi connectivity index (χ4n) is 3.22. The monoisotopic (exact) mass is 482 g/mol. The summed E-state index contributed by atoms with van der Waals surface area (Å²) in [5.74, 6) is -0.278. The van der Waals surface area contributed by atoms with Crippen LogP contribution < -0.4 is 5.43 Å². The van der Waals surface area contributed by atoms with E-state index in [1.54, 1.807) is 49.4 Å². The van der Waals surface area contributed by atoms with E-state index < -0.39 is 10.0 Å². The molecule has 1 N–H and O–H groups in total. The van der Waals surface area contributed by atoms with Crippen molar-refractivity contribution in [3.63, 3.8) is 0 Å². The van der Waals surface area contributed by atoms with Crippen LogP contribution in [0.25, 0.3) is 0 Å². The Labute approximate surface area is 192 Å². The van der Waals surface area contributed by atoms with Crippen LogP contribution in [0.3, 0.4) is 0 Å². The van der Waals surface area contributed by atoms with Crippen LogP contribution in [0, 0.1) is 6.92 Å². The lowest BCUT2D eigenvalue weighted by atomic mass is 10.1. The lowest BCUT2D eigenvalue weighted by Crippen LogP contribution is -2.50. The van der Waals surface area contributed by atoms with Crippen molar-refractivity contribution in [3.8, 4) is 0 Å². The Kier molecular flexibility index (Phi) is 7.72. The lowest BCUT2D eigenvalue weighted by molar-refractivity contribution is -0.122. The maximum Gasteiger partial charge on any atom is 0.254 e. The van der Waals surface area contributed by atoms with Crippen LogP contribution >= 0.6 is 23.2 Å². The van der Waals surface area contributed by atoms with E-state index in [0.717, 1.165) is 5.56 Å². The van der Waals surface area contributed by atoms with Crippen LogP contribution in [0.4, 0.5) is 0 Å². The van der Waals surface area contributed by atoms with Gasteiger partial charge in [0.1, 0.15) is 0 Å². The Morgan fingerprint density at radius 1 is 1.06 bits per heavy atom. The quantitative estimate of drug-likeness (QED) is 0.506. The minimum atomic E-state index is -3.53. The molecule has 1 fully saturated rings. The van der Waals surface area contributed by atoms with E-state index in [1.807, 2.05) is 11.8 Å². The Balaban J connectivity index is 1.52. The molecule has 1 saturated heterocycles. The number of halogens is 2. The highest BCUT2D eigenvalue weighted by molar-refractivity contribution is 7.89. The summed E-state index contributed by atoms with van der Waals surface area (Å²) in [4.78, 5) is 14.5. The molecular weight excluding hydrogens is 459 g/mol. The molecule has 0 aliphatic carbocycles. The van der Waals surface area contributed by atoms with E-state index in [-0.39, 0.29) is 17.3 Å². The van der Waals surface area contributed by atoms with Crippen LogP contribution in [0.1, 0.15) is 18.1 Å². The Hall–Kier alpha value is -1.97. The number of carbonyl (C=O) groups is 1. The molecule has 0 radical (unpaired) electrons. The molecule has 7 nitrogen and oxygen atoms in total. The molecule has 0 saturated carbocycles. The zero-order chi connectivity index (χ0) is 22.6. The first-order valence-corrected chi connectivity index (χ1v) is 11.9. The van der Waals surface area contributed by atoms with Gasteiger partial charge in [-0.3, -0.25) is 9.69 Å². The summed E-state index contributed by atoms with van der Waals surface area (Å²) in [5.41, 5.74) is 4.77. The molecule has 0 bridgehead atoms. The van der Waals surface area contributed by atoms with Crippen molar-refractivity contribution >= 4 is 44.8 Å². The fourth-order valence-corrected chi connectivity index (χ4v) is 5.18. The van der Waals surface area contributed by atoms with Crippen LogP contribution in [-0.4, -0.2) is 62.0 Å². The molecule has 0 spiro atoms.